The van der Waals surface area contributed by atoms with E-state index in [4.69, 9.17) is 4.18 Å². The Morgan fingerprint density at radius 3 is 2.41 bits per heavy atom. The minimum absolute atomic E-state index is 0.289. The first-order chi connectivity index (χ1) is 10.6. The molecule has 0 fully saturated rings. The number of nitrogens with zero attached hydrogens (tertiary/aromatic N) is 1. The largest absolute Gasteiger partial charge is 0.381 e. The van der Waals surface area contributed by atoms with Crippen LogP contribution in [0.2, 0.25) is 0 Å². The first-order valence-corrected chi connectivity index (χ1v) is 8.18. The number of hydrogen-bond acceptors (Lipinski definition) is 5. The van der Waals surface area contributed by atoms with Crippen LogP contribution in [-0.4, -0.2) is 13.6 Å². The molecule has 0 radical (unpaired) electrons. The second-order valence-electron chi connectivity index (χ2n) is 4.64. The number of aromatic nitrogens is 1. The molecular weight excluding hydrogens is 302 g/mol. The summed E-state index contributed by atoms with van der Waals surface area (Å²) in [5, 5.41) is 3.59. The van der Waals surface area contributed by atoms with Crippen molar-refractivity contribution in [2.75, 3.05) is 0 Å². The van der Waals surface area contributed by atoms with Crippen molar-refractivity contribution in [2.24, 2.45) is 0 Å². The van der Waals surface area contributed by atoms with Gasteiger partial charge in [-0.3, -0.25) is 0 Å². The standard InChI is InChI=1S/C16H13NO4S/c18-22(19,12-14-10-11-20-17-14)21-16-9-5-4-8-15(16)13-6-2-1-3-7-13/h1-11H,12H2. The highest BCUT2D eigenvalue weighted by atomic mass is 32.2. The first-order valence-electron chi connectivity index (χ1n) is 6.60. The minimum atomic E-state index is -3.81. The Balaban J connectivity index is 1.90. The van der Waals surface area contributed by atoms with Gasteiger partial charge in [-0.05, 0) is 11.6 Å². The molecule has 3 rings (SSSR count). The smallest absolute Gasteiger partial charge is 0.315 e. The molecule has 0 spiro atoms. The molecule has 1 aromatic heterocycles. The lowest BCUT2D eigenvalue weighted by Gasteiger charge is -2.10. The van der Waals surface area contributed by atoms with Crippen molar-refractivity contribution >= 4 is 10.1 Å². The minimum Gasteiger partial charge on any atom is -0.381 e. The Hall–Kier alpha value is -2.60. The highest BCUT2D eigenvalue weighted by Gasteiger charge is 2.18. The second kappa shape index (κ2) is 6.03. The third kappa shape index (κ3) is 3.35. The molecule has 0 bridgehead atoms. The molecule has 22 heavy (non-hydrogen) atoms. The number of hydrogen-bond donors (Lipinski definition) is 0. The van der Waals surface area contributed by atoms with E-state index in [0.29, 0.717) is 11.3 Å². The summed E-state index contributed by atoms with van der Waals surface area (Å²) >= 11 is 0. The third-order valence-corrected chi connectivity index (χ3v) is 4.09. The molecule has 0 atom stereocenters. The zero-order valence-corrected chi connectivity index (χ0v) is 12.4. The van der Waals surface area contributed by atoms with E-state index in [2.05, 4.69) is 9.68 Å². The van der Waals surface area contributed by atoms with Crippen LogP contribution in [0.25, 0.3) is 11.1 Å². The van der Waals surface area contributed by atoms with Crippen molar-refractivity contribution in [2.45, 2.75) is 5.75 Å². The van der Waals surface area contributed by atoms with E-state index in [9.17, 15) is 8.42 Å². The van der Waals surface area contributed by atoms with E-state index >= 15 is 0 Å². The zero-order chi connectivity index (χ0) is 15.4. The van der Waals surface area contributed by atoms with Crippen molar-refractivity contribution in [3.8, 4) is 16.9 Å². The van der Waals surface area contributed by atoms with Crippen molar-refractivity contribution in [3.63, 3.8) is 0 Å². The van der Waals surface area contributed by atoms with Gasteiger partial charge in [0.25, 0.3) is 0 Å². The van der Waals surface area contributed by atoms with Crippen LogP contribution in [0, 0.1) is 0 Å². The summed E-state index contributed by atoms with van der Waals surface area (Å²) in [7, 11) is -3.81. The van der Waals surface area contributed by atoms with Gasteiger partial charge in [0.15, 0.2) is 0 Å². The molecule has 1 heterocycles. The van der Waals surface area contributed by atoms with E-state index in [1.807, 2.05) is 42.5 Å². The molecule has 0 saturated carbocycles. The normalized spacial score (nSPS) is 11.3. The van der Waals surface area contributed by atoms with Gasteiger partial charge in [0.05, 0.1) is 0 Å². The van der Waals surface area contributed by atoms with Crippen molar-refractivity contribution < 1.29 is 17.1 Å². The molecule has 5 nitrogen and oxygen atoms in total. The Kier molecular flexibility index (Phi) is 3.93. The summed E-state index contributed by atoms with van der Waals surface area (Å²) in [4.78, 5) is 0. The lowest BCUT2D eigenvalue weighted by atomic mass is 10.1. The predicted octanol–water partition coefficient (Wildman–Crippen LogP) is 3.25. The number of rotatable bonds is 5. The van der Waals surface area contributed by atoms with Crippen LogP contribution >= 0.6 is 0 Å². The van der Waals surface area contributed by atoms with Gasteiger partial charge >= 0.3 is 10.1 Å². The van der Waals surface area contributed by atoms with E-state index in [1.165, 1.54) is 12.3 Å². The van der Waals surface area contributed by atoms with Gasteiger partial charge in [0, 0.05) is 11.6 Å². The fraction of sp³-hybridized carbons (Fsp3) is 0.0625. The Morgan fingerprint density at radius 1 is 0.955 bits per heavy atom. The summed E-state index contributed by atoms with van der Waals surface area (Å²) in [6.07, 6.45) is 1.32. The maximum Gasteiger partial charge on any atom is 0.315 e. The summed E-state index contributed by atoms with van der Waals surface area (Å²) in [5.41, 5.74) is 1.90. The first kappa shape index (κ1) is 14.3. The molecule has 6 heteroatoms. The van der Waals surface area contributed by atoms with Crippen molar-refractivity contribution in [3.05, 3.63) is 72.6 Å². The highest BCUT2D eigenvalue weighted by Crippen LogP contribution is 2.30. The maximum atomic E-state index is 12.1. The molecule has 0 aliphatic heterocycles. The van der Waals surface area contributed by atoms with Crippen LogP contribution in [0.3, 0.4) is 0 Å². The average molecular weight is 315 g/mol. The Morgan fingerprint density at radius 2 is 1.68 bits per heavy atom. The van der Waals surface area contributed by atoms with E-state index in [1.54, 1.807) is 12.1 Å². The topological polar surface area (TPSA) is 69.4 Å². The quantitative estimate of drug-likeness (QED) is 0.676. The molecule has 3 aromatic rings. The predicted molar refractivity (Wildman–Crippen MR) is 81.6 cm³/mol. The van der Waals surface area contributed by atoms with Gasteiger partial charge in [-0.15, -0.1) is 0 Å². The fourth-order valence-corrected chi connectivity index (χ4v) is 3.04. The fourth-order valence-electron chi connectivity index (χ4n) is 2.05. The average Bonchev–Trinajstić information content (AvgIpc) is 3.00. The molecule has 2 aromatic carbocycles. The molecule has 0 amide bonds. The van der Waals surface area contributed by atoms with E-state index < -0.39 is 10.1 Å². The Bertz CT molecular complexity index is 843. The molecular formula is C16H13NO4S. The van der Waals surface area contributed by atoms with Gasteiger partial charge < -0.3 is 8.71 Å². The van der Waals surface area contributed by atoms with Crippen molar-refractivity contribution in [1.29, 1.82) is 0 Å². The van der Waals surface area contributed by atoms with Gasteiger partial charge in [-0.2, -0.15) is 8.42 Å². The lowest BCUT2D eigenvalue weighted by molar-refractivity contribution is 0.412. The SMILES string of the molecule is O=S(=O)(Cc1ccon1)Oc1ccccc1-c1ccccc1. The van der Waals surface area contributed by atoms with E-state index in [-0.39, 0.29) is 11.5 Å². The van der Waals surface area contributed by atoms with Crippen LogP contribution in [0.5, 0.6) is 5.75 Å². The summed E-state index contributed by atoms with van der Waals surface area (Å²) in [6.45, 7) is 0. The lowest BCUT2D eigenvalue weighted by Crippen LogP contribution is -2.12. The molecule has 0 saturated heterocycles. The molecule has 112 valence electrons. The van der Waals surface area contributed by atoms with E-state index in [0.717, 1.165) is 5.56 Å². The van der Waals surface area contributed by atoms with Crippen LogP contribution < -0.4 is 4.18 Å². The number of benzene rings is 2. The Labute approximate surface area is 128 Å². The summed E-state index contributed by atoms with van der Waals surface area (Å²) in [6, 6.07) is 18.0. The van der Waals surface area contributed by atoms with Crippen LogP contribution in [0.4, 0.5) is 0 Å². The van der Waals surface area contributed by atoms with Crippen LogP contribution in [-0.2, 0) is 15.9 Å². The zero-order valence-electron chi connectivity index (χ0n) is 11.5. The number of para-hydroxylation sites is 1. The van der Waals surface area contributed by atoms with Crippen molar-refractivity contribution in [1.82, 2.24) is 5.16 Å². The maximum absolute atomic E-state index is 12.1. The van der Waals surface area contributed by atoms with Crippen LogP contribution in [0.15, 0.2) is 71.4 Å². The van der Waals surface area contributed by atoms with Gasteiger partial charge in [0.2, 0.25) is 0 Å². The molecule has 0 aliphatic rings. The highest BCUT2D eigenvalue weighted by molar-refractivity contribution is 7.86. The molecule has 0 unspecified atom stereocenters. The summed E-state index contributed by atoms with van der Waals surface area (Å²) < 4.78 is 34.2. The van der Waals surface area contributed by atoms with Gasteiger partial charge in [-0.25, -0.2) is 0 Å². The third-order valence-electron chi connectivity index (χ3n) is 3.00. The van der Waals surface area contributed by atoms with Crippen LogP contribution in [0.1, 0.15) is 5.69 Å². The van der Waals surface area contributed by atoms with Gasteiger partial charge in [0.1, 0.15) is 23.5 Å². The second-order valence-corrected chi connectivity index (χ2v) is 6.21. The monoisotopic (exact) mass is 315 g/mol. The van der Waals surface area contributed by atoms with Gasteiger partial charge in [-0.1, -0.05) is 53.7 Å². The summed E-state index contributed by atoms with van der Waals surface area (Å²) in [5.74, 6) is -0.0516. The molecule has 0 N–H and O–H groups in total. The molecule has 0 aliphatic carbocycles.